The van der Waals surface area contributed by atoms with Gasteiger partial charge in [0, 0.05) is 5.02 Å². The van der Waals surface area contributed by atoms with Crippen molar-refractivity contribution in [2.45, 2.75) is 26.7 Å². The summed E-state index contributed by atoms with van der Waals surface area (Å²) in [5.74, 6) is 1.39. The van der Waals surface area contributed by atoms with Crippen molar-refractivity contribution in [2.24, 2.45) is 11.8 Å². The Morgan fingerprint density at radius 2 is 2.00 bits per heavy atom. The van der Waals surface area contributed by atoms with Gasteiger partial charge in [-0.1, -0.05) is 50.1 Å². The minimum Gasteiger partial charge on any atom is -0.319 e. The molecule has 1 nitrogen and oxygen atoms in total. The van der Waals surface area contributed by atoms with Crippen LogP contribution in [0.4, 0.5) is 0 Å². The summed E-state index contributed by atoms with van der Waals surface area (Å²) in [6.07, 6.45) is 2.28. The molecule has 1 rings (SSSR count). The van der Waals surface area contributed by atoms with E-state index in [0.717, 1.165) is 23.9 Å². The average molecular weight is 240 g/mol. The summed E-state index contributed by atoms with van der Waals surface area (Å²) in [4.78, 5) is 0. The third-order valence-electron chi connectivity index (χ3n) is 3.35. The van der Waals surface area contributed by atoms with Crippen molar-refractivity contribution < 1.29 is 0 Å². The summed E-state index contributed by atoms with van der Waals surface area (Å²) in [5.41, 5.74) is 1.27. The van der Waals surface area contributed by atoms with Crippen LogP contribution >= 0.6 is 11.6 Å². The normalized spacial score (nSPS) is 14.8. The fraction of sp³-hybridized carbons (Fsp3) is 0.571. The van der Waals surface area contributed by atoms with Crippen LogP contribution in [0.5, 0.6) is 0 Å². The van der Waals surface area contributed by atoms with Crippen LogP contribution in [0.3, 0.4) is 0 Å². The molecule has 1 aromatic carbocycles. The molecule has 90 valence electrons. The molecule has 0 fully saturated rings. The molecule has 0 radical (unpaired) electrons. The van der Waals surface area contributed by atoms with Crippen LogP contribution in [-0.4, -0.2) is 13.6 Å². The third kappa shape index (κ3) is 3.80. The lowest BCUT2D eigenvalue weighted by Gasteiger charge is -2.23. The highest BCUT2D eigenvalue weighted by Gasteiger charge is 2.16. The van der Waals surface area contributed by atoms with Gasteiger partial charge in [-0.15, -0.1) is 0 Å². The summed E-state index contributed by atoms with van der Waals surface area (Å²) in [6.45, 7) is 5.62. The standard InChI is InChI=1S/C14H22ClN/c1-4-11(2)13(10-16-3)9-12-7-5-6-8-14(12)15/h5-8,11,13,16H,4,9-10H2,1-3H3. The number of rotatable bonds is 6. The van der Waals surface area contributed by atoms with Crippen LogP contribution in [0.1, 0.15) is 25.8 Å². The first kappa shape index (κ1) is 13.5. The van der Waals surface area contributed by atoms with Crippen LogP contribution < -0.4 is 5.32 Å². The topological polar surface area (TPSA) is 12.0 Å². The van der Waals surface area contributed by atoms with E-state index in [4.69, 9.17) is 11.6 Å². The van der Waals surface area contributed by atoms with Crippen molar-refractivity contribution in [3.8, 4) is 0 Å². The number of hydrogen-bond acceptors (Lipinski definition) is 1. The Bertz CT molecular complexity index is 311. The molecule has 2 heteroatoms. The van der Waals surface area contributed by atoms with Crippen molar-refractivity contribution in [2.75, 3.05) is 13.6 Å². The van der Waals surface area contributed by atoms with E-state index in [1.807, 2.05) is 19.2 Å². The first-order valence-electron chi connectivity index (χ1n) is 6.07. The van der Waals surface area contributed by atoms with Crippen molar-refractivity contribution >= 4 is 11.6 Å². The molecule has 0 aliphatic rings. The van der Waals surface area contributed by atoms with Gasteiger partial charge in [-0.3, -0.25) is 0 Å². The number of nitrogens with one attached hydrogen (secondary N) is 1. The highest BCUT2D eigenvalue weighted by Crippen LogP contribution is 2.24. The molecular weight excluding hydrogens is 218 g/mol. The molecule has 0 bridgehead atoms. The molecule has 0 spiro atoms. The molecule has 0 saturated heterocycles. The van der Waals surface area contributed by atoms with E-state index in [2.05, 4.69) is 31.3 Å². The summed E-state index contributed by atoms with van der Waals surface area (Å²) in [5, 5.41) is 4.17. The summed E-state index contributed by atoms with van der Waals surface area (Å²) in [7, 11) is 2.02. The Morgan fingerprint density at radius 3 is 2.56 bits per heavy atom. The maximum absolute atomic E-state index is 6.20. The summed E-state index contributed by atoms with van der Waals surface area (Å²) in [6, 6.07) is 8.16. The van der Waals surface area contributed by atoms with E-state index in [9.17, 15) is 0 Å². The number of hydrogen-bond donors (Lipinski definition) is 1. The van der Waals surface area contributed by atoms with E-state index in [1.54, 1.807) is 0 Å². The zero-order valence-corrected chi connectivity index (χ0v) is 11.2. The first-order valence-corrected chi connectivity index (χ1v) is 6.44. The maximum atomic E-state index is 6.20. The second-order valence-electron chi connectivity index (χ2n) is 4.50. The second-order valence-corrected chi connectivity index (χ2v) is 4.91. The number of halogens is 1. The average Bonchev–Trinajstić information content (AvgIpc) is 2.30. The Kier molecular flexibility index (Phi) is 5.86. The van der Waals surface area contributed by atoms with Gasteiger partial charge in [-0.25, -0.2) is 0 Å². The smallest absolute Gasteiger partial charge is 0.0438 e. The molecule has 2 atom stereocenters. The van der Waals surface area contributed by atoms with Crippen LogP contribution in [0.15, 0.2) is 24.3 Å². The number of benzene rings is 1. The Balaban J connectivity index is 2.71. The van der Waals surface area contributed by atoms with Crippen LogP contribution in [-0.2, 0) is 6.42 Å². The zero-order valence-electron chi connectivity index (χ0n) is 10.5. The minimum atomic E-state index is 0.662. The van der Waals surface area contributed by atoms with Gasteiger partial charge in [-0.2, -0.15) is 0 Å². The fourth-order valence-corrected chi connectivity index (χ4v) is 2.23. The highest BCUT2D eigenvalue weighted by molar-refractivity contribution is 6.31. The molecule has 2 unspecified atom stereocenters. The molecular formula is C14H22ClN. The lowest BCUT2D eigenvalue weighted by Crippen LogP contribution is -2.26. The maximum Gasteiger partial charge on any atom is 0.0438 e. The van der Waals surface area contributed by atoms with Gasteiger partial charge < -0.3 is 5.32 Å². The summed E-state index contributed by atoms with van der Waals surface area (Å²) < 4.78 is 0. The molecule has 1 N–H and O–H groups in total. The SMILES string of the molecule is CCC(C)C(CNC)Cc1ccccc1Cl. The molecule has 0 amide bonds. The van der Waals surface area contributed by atoms with Gasteiger partial charge in [0.05, 0.1) is 0 Å². The van der Waals surface area contributed by atoms with Gasteiger partial charge in [-0.05, 0) is 43.5 Å². The Hall–Kier alpha value is -0.530. The molecule has 0 saturated carbocycles. The highest BCUT2D eigenvalue weighted by atomic mass is 35.5. The van der Waals surface area contributed by atoms with Crippen LogP contribution in [0.25, 0.3) is 0 Å². The predicted octanol–water partition coefficient (Wildman–Crippen LogP) is 3.76. The molecule has 16 heavy (non-hydrogen) atoms. The van der Waals surface area contributed by atoms with Crippen LogP contribution in [0.2, 0.25) is 5.02 Å². The largest absolute Gasteiger partial charge is 0.319 e. The van der Waals surface area contributed by atoms with Gasteiger partial charge in [0.1, 0.15) is 0 Å². The van der Waals surface area contributed by atoms with Crippen LogP contribution in [0, 0.1) is 11.8 Å². The first-order chi connectivity index (χ1) is 7.69. The lowest BCUT2D eigenvalue weighted by molar-refractivity contribution is 0.337. The van der Waals surface area contributed by atoms with E-state index in [0.29, 0.717) is 5.92 Å². The predicted molar refractivity (Wildman–Crippen MR) is 72.0 cm³/mol. The van der Waals surface area contributed by atoms with E-state index in [-0.39, 0.29) is 0 Å². The van der Waals surface area contributed by atoms with E-state index >= 15 is 0 Å². The van der Waals surface area contributed by atoms with Gasteiger partial charge >= 0.3 is 0 Å². The fourth-order valence-electron chi connectivity index (χ4n) is 2.02. The van der Waals surface area contributed by atoms with Crippen molar-refractivity contribution in [1.82, 2.24) is 5.32 Å². The monoisotopic (exact) mass is 239 g/mol. The van der Waals surface area contributed by atoms with Gasteiger partial charge in [0.25, 0.3) is 0 Å². The van der Waals surface area contributed by atoms with E-state index < -0.39 is 0 Å². The van der Waals surface area contributed by atoms with Gasteiger partial charge in [0.15, 0.2) is 0 Å². The molecule has 0 heterocycles. The second kappa shape index (κ2) is 6.93. The lowest BCUT2D eigenvalue weighted by atomic mass is 9.86. The molecule has 0 aliphatic heterocycles. The molecule has 0 aromatic heterocycles. The third-order valence-corrected chi connectivity index (χ3v) is 3.72. The molecule has 0 aliphatic carbocycles. The minimum absolute atomic E-state index is 0.662. The van der Waals surface area contributed by atoms with E-state index in [1.165, 1.54) is 12.0 Å². The molecule has 1 aromatic rings. The van der Waals surface area contributed by atoms with Crippen molar-refractivity contribution in [3.63, 3.8) is 0 Å². The quantitative estimate of drug-likeness (QED) is 0.797. The van der Waals surface area contributed by atoms with Crippen molar-refractivity contribution in [1.29, 1.82) is 0 Å². The van der Waals surface area contributed by atoms with Gasteiger partial charge in [0.2, 0.25) is 0 Å². The zero-order chi connectivity index (χ0) is 12.0. The summed E-state index contributed by atoms with van der Waals surface area (Å²) >= 11 is 6.20. The Morgan fingerprint density at radius 1 is 1.31 bits per heavy atom. The Labute approximate surface area is 104 Å². The van der Waals surface area contributed by atoms with Crippen molar-refractivity contribution in [3.05, 3.63) is 34.9 Å².